The maximum absolute atomic E-state index is 12.5. The summed E-state index contributed by atoms with van der Waals surface area (Å²) >= 11 is 1.67. The van der Waals surface area contributed by atoms with E-state index in [2.05, 4.69) is 4.72 Å². The molecule has 1 aliphatic carbocycles. The topological polar surface area (TPSA) is 64.6 Å². The van der Waals surface area contributed by atoms with Gasteiger partial charge in [0.05, 0.1) is 4.90 Å². The summed E-state index contributed by atoms with van der Waals surface area (Å²) in [4.78, 5) is 1.45. The van der Waals surface area contributed by atoms with E-state index in [1.54, 1.807) is 23.5 Å². The first-order chi connectivity index (χ1) is 10.6. The molecule has 1 fully saturated rings. The molecule has 5 nitrogen and oxygen atoms in total. The molecule has 1 aliphatic heterocycles. The molecule has 1 aromatic heterocycles. The molecule has 1 aromatic carbocycles. The van der Waals surface area contributed by atoms with Crippen LogP contribution in [0.3, 0.4) is 0 Å². The van der Waals surface area contributed by atoms with Gasteiger partial charge in [0.1, 0.15) is 13.2 Å². The van der Waals surface area contributed by atoms with Gasteiger partial charge >= 0.3 is 0 Å². The summed E-state index contributed by atoms with van der Waals surface area (Å²) in [5.74, 6) is 1.37. The summed E-state index contributed by atoms with van der Waals surface area (Å²) in [6, 6.07) is 8.75. The minimum atomic E-state index is -3.54. The standard InChI is InChI=1S/C15H15NO4S2/c17-22(18,16-12-9-11(12)15-2-1-7-21-15)10-3-4-13-14(8-10)20-6-5-19-13/h1-4,7-8,11-12,16H,5-6,9H2. The zero-order valence-corrected chi connectivity index (χ0v) is 13.3. The van der Waals surface area contributed by atoms with Crippen molar-refractivity contribution in [1.82, 2.24) is 4.72 Å². The number of benzene rings is 1. The second-order valence-corrected chi connectivity index (χ2v) is 8.08. The van der Waals surface area contributed by atoms with E-state index in [9.17, 15) is 8.42 Å². The molecular weight excluding hydrogens is 322 g/mol. The third-order valence-electron chi connectivity index (χ3n) is 3.83. The highest BCUT2D eigenvalue weighted by molar-refractivity contribution is 7.89. The zero-order valence-electron chi connectivity index (χ0n) is 11.7. The lowest BCUT2D eigenvalue weighted by atomic mass is 10.3. The van der Waals surface area contributed by atoms with Crippen molar-refractivity contribution in [3.05, 3.63) is 40.6 Å². The van der Waals surface area contributed by atoms with Crippen molar-refractivity contribution in [2.75, 3.05) is 13.2 Å². The van der Waals surface area contributed by atoms with E-state index in [0.29, 0.717) is 30.6 Å². The molecule has 22 heavy (non-hydrogen) atoms. The third-order valence-corrected chi connectivity index (χ3v) is 6.32. The minimum Gasteiger partial charge on any atom is -0.486 e. The lowest BCUT2D eigenvalue weighted by molar-refractivity contribution is 0.171. The van der Waals surface area contributed by atoms with Crippen LogP contribution in [0, 0.1) is 0 Å². The molecule has 2 heterocycles. The van der Waals surface area contributed by atoms with Crippen LogP contribution in [0.15, 0.2) is 40.6 Å². The number of hydrogen-bond donors (Lipinski definition) is 1. The van der Waals surface area contributed by atoms with E-state index in [1.807, 2.05) is 17.5 Å². The lowest BCUT2D eigenvalue weighted by Crippen LogP contribution is -2.27. The summed E-state index contributed by atoms with van der Waals surface area (Å²) in [5, 5.41) is 2.01. The average molecular weight is 337 g/mol. The van der Waals surface area contributed by atoms with Crippen molar-refractivity contribution in [3.63, 3.8) is 0 Å². The molecule has 4 rings (SSSR count). The molecule has 0 spiro atoms. The van der Waals surface area contributed by atoms with E-state index in [1.165, 1.54) is 10.9 Å². The van der Waals surface area contributed by atoms with E-state index in [4.69, 9.17) is 9.47 Å². The van der Waals surface area contributed by atoms with Crippen LogP contribution in [0.1, 0.15) is 17.2 Å². The normalized spacial score (nSPS) is 23.3. The van der Waals surface area contributed by atoms with Crippen molar-refractivity contribution in [2.45, 2.75) is 23.3 Å². The summed E-state index contributed by atoms with van der Waals surface area (Å²) in [5.41, 5.74) is 0. The monoisotopic (exact) mass is 337 g/mol. The predicted octanol–water partition coefficient (Wildman–Crippen LogP) is 2.35. The summed E-state index contributed by atoms with van der Waals surface area (Å²) in [7, 11) is -3.54. The first kappa shape index (κ1) is 14.0. The van der Waals surface area contributed by atoms with Crippen molar-refractivity contribution >= 4 is 21.4 Å². The summed E-state index contributed by atoms with van der Waals surface area (Å²) < 4.78 is 38.6. The molecule has 1 N–H and O–H groups in total. The molecule has 116 valence electrons. The van der Waals surface area contributed by atoms with Crippen molar-refractivity contribution in [3.8, 4) is 11.5 Å². The second-order valence-electron chi connectivity index (χ2n) is 5.39. The van der Waals surface area contributed by atoms with E-state index in [0.717, 1.165) is 6.42 Å². The first-order valence-electron chi connectivity index (χ1n) is 7.09. The molecule has 0 bridgehead atoms. The van der Waals surface area contributed by atoms with Crippen LogP contribution in [0.5, 0.6) is 11.5 Å². The number of thiophene rings is 1. The van der Waals surface area contributed by atoms with Crippen LogP contribution in [-0.4, -0.2) is 27.7 Å². The Kier molecular flexibility index (Phi) is 3.36. The zero-order chi connectivity index (χ0) is 15.2. The molecule has 2 unspecified atom stereocenters. The van der Waals surface area contributed by atoms with Crippen molar-refractivity contribution in [2.24, 2.45) is 0 Å². The maximum atomic E-state index is 12.5. The Morgan fingerprint density at radius 3 is 2.73 bits per heavy atom. The number of rotatable bonds is 4. The molecule has 2 atom stereocenters. The Bertz CT molecular complexity index is 786. The van der Waals surface area contributed by atoms with Crippen LogP contribution in [-0.2, 0) is 10.0 Å². The fraction of sp³-hybridized carbons (Fsp3) is 0.333. The van der Waals surface area contributed by atoms with Gasteiger partial charge in [0.15, 0.2) is 11.5 Å². The van der Waals surface area contributed by atoms with Crippen LogP contribution in [0.4, 0.5) is 0 Å². The minimum absolute atomic E-state index is 0.0168. The Morgan fingerprint density at radius 1 is 1.14 bits per heavy atom. The largest absolute Gasteiger partial charge is 0.486 e. The van der Waals surface area contributed by atoms with Gasteiger partial charge < -0.3 is 9.47 Å². The van der Waals surface area contributed by atoms with Crippen molar-refractivity contribution in [1.29, 1.82) is 0 Å². The van der Waals surface area contributed by atoms with Gasteiger partial charge in [-0.3, -0.25) is 0 Å². The fourth-order valence-corrected chi connectivity index (χ4v) is 4.81. The van der Waals surface area contributed by atoms with Gasteiger partial charge in [-0.2, -0.15) is 0 Å². The Hall–Kier alpha value is -1.57. The smallest absolute Gasteiger partial charge is 0.240 e. The van der Waals surface area contributed by atoms with Crippen LogP contribution < -0.4 is 14.2 Å². The summed E-state index contributed by atoms with van der Waals surface area (Å²) in [6.45, 7) is 0.926. The molecule has 2 aromatic rings. The van der Waals surface area contributed by atoms with Gasteiger partial charge in [-0.15, -0.1) is 11.3 Å². The van der Waals surface area contributed by atoms with Gasteiger partial charge in [0, 0.05) is 22.9 Å². The van der Waals surface area contributed by atoms with Crippen LogP contribution in [0.25, 0.3) is 0 Å². The highest BCUT2D eigenvalue weighted by Gasteiger charge is 2.42. The van der Waals surface area contributed by atoms with Gasteiger partial charge in [-0.25, -0.2) is 13.1 Å². The number of ether oxygens (including phenoxy) is 2. The molecule has 0 amide bonds. The first-order valence-corrected chi connectivity index (χ1v) is 9.45. The fourth-order valence-electron chi connectivity index (χ4n) is 2.60. The Balaban J connectivity index is 1.52. The molecule has 0 saturated heterocycles. The number of sulfonamides is 1. The van der Waals surface area contributed by atoms with Gasteiger partial charge in [0.2, 0.25) is 10.0 Å². The second kappa shape index (κ2) is 5.26. The van der Waals surface area contributed by atoms with Crippen LogP contribution >= 0.6 is 11.3 Å². The van der Waals surface area contributed by atoms with Gasteiger partial charge in [0.25, 0.3) is 0 Å². The molecule has 2 aliphatic rings. The number of fused-ring (bicyclic) bond motifs is 1. The van der Waals surface area contributed by atoms with Crippen LogP contribution in [0.2, 0.25) is 0 Å². The van der Waals surface area contributed by atoms with E-state index < -0.39 is 10.0 Å². The number of hydrogen-bond acceptors (Lipinski definition) is 5. The number of nitrogens with one attached hydrogen (secondary N) is 1. The predicted molar refractivity (Wildman–Crippen MR) is 83.2 cm³/mol. The Morgan fingerprint density at radius 2 is 1.95 bits per heavy atom. The highest BCUT2D eigenvalue weighted by atomic mass is 32.2. The highest BCUT2D eigenvalue weighted by Crippen LogP contribution is 2.43. The lowest BCUT2D eigenvalue weighted by Gasteiger charge is -2.18. The van der Waals surface area contributed by atoms with Gasteiger partial charge in [-0.1, -0.05) is 6.07 Å². The van der Waals surface area contributed by atoms with Gasteiger partial charge in [-0.05, 0) is 30.0 Å². The molecule has 1 saturated carbocycles. The van der Waals surface area contributed by atoms with Crippen molar-refractivity contribution < 1.29 is 17.9 Å². The maximum Gasteiger partial charge on any atom is 0.240 e. The summed E-state index contributed by atoms with van der Waals surface area (Å²) in [6.07, 6.45) is 0.851. The SMILES string of the molecule is O=S(=O)(NC1CC1c1cccs1)c1ccc2c(c1)OCCO2. The molecule has 0 radical (unpaired) electrons. The third kappa shape index (κ3) is 2.60. The van der Waals surface area contributed by atoms with E-state index in [-0.39, 0.29) is 10.9 Å². The Labute approximate surface area is 132 Å². The quantitative estimate of drug-likeness (QED) is 0.930. The van der Waals surface area contributed by atoms with E-state index >= 15 is 0 Å². The molecule has 7 heteroatoms. The average Bonchev–Trinajstić information content (AvgIpc) is 3.06. The molecular formula is C15H15NO4S2.